The number of carbonyl (C=O) groups excluding carboxylic acids is 2. The molecule has 2 aromatic rings. The minimum atomic E-state index is -0.159. The highest BCUT2D eigenvalue weighted by atomic mass is 16.2. The second kappa shape index (κ2) is 9.45. The van der Waals surface area contributed by atoms with Crippen molar-refractivity contribution in [1.29, 1.82) is 0 Å². The lowest BCUT2D eigenvalue weighted by Gasteiger charge is -2.20. The Bertz CT molecular complexity index is 644. The van der Waals surface area contributed by atoms with Crippen molar-refractivity contribution >= 4 is 11.8 Å². The number of carbonyl (C=O) groups is 2. The Labute approximate surface area is 142 Å². The van der Waals surface area contributed by atoms with E-state index in [9.17, 15) is 9.59 Å². The van der Waals surface area contributed by atoms with Crippen LogP contribution in [0.1, 0.15) is 24.5 Å². The zero-order valence-electron chi connectivity index (χ0n) is 13.9. The normalized spacial score (nSPS) is 10.2. The average molecular weight is 325 g/mol. The molecule has 0 aliphatic heterocycles. The molecular weight excluding hydrogens is 302 g/mol. The molecule has 5 heteroatoms. The molecule has 0 bridgehead atoms. The fourth-order valence-corrected chi connectivity index (χ4v) is 2.40. The zero-order valence-corrected chi connectivity index (χ0v) is 13.9. The van der Waals surface area contributed by atoms with Crippen LogP contribution in [-0.4, -0.2) is 34.8 Å². The van der Waals surface area contributed by atoms with E-state index in [0.29, 0.717) is 13.1 Å². The van der Waals surface area contributed by atoms with E-state index in [0.717, 1.165) is 18.4 Å². The third-order valence-corrected chi connectivity index (χ3v) is 3.73. The van der Waals surface area contributed by atoms with Gasteiger partial charge >= 0.3 is 0 Å². The SMILES string of the molecule is CC(=O)N(CCCc1ccccc1)CC(=O)NCc1cccnc1. The molecule has 5 nitrogen and oxygen atoms in total. The van der Waals surface area contributed by atoms with E-state index in [1.165, 1.54) is 12.5 Å². The number of hydrogen-bond acceptors (Lipinski definition) is 3. The Morgan fingerprint density at radius 1 is 1.08 bits per heavy atom. The largest absolute Gasteiger partial charge is 0.350 e. The van der Waals surface area contributed by atoms with Gasteiger partial charge in [-0.2, -0.15) is 0 Å². The van der Waals surface area contributed by atoms with Crippen LogP contribution in [0.4, 0.5) is 0 Å². The number of nitrogens with zero attached hydrogens (tertiary/aromatic N) is 2. The highest BCUT2D eigenvalue weighted by Gasteiger charge is 2.13. The highest BCUT2D eigenvalue weighted by Crippen LogP contribution is 2.04. The van der Waals surface area contributed by atoms with Crippen LogP contribution in [-0.2, 0) is 22.6 Å². The lowest BCUT2D eigenvalue weighted by Crippen LogP contribution is -2.40. The number of nitrogens with one attached hydrogen (secondary N) is 1. The van der Waals surface area contributed by atoms with E-state index in [-0.39, 0.29) is 18.4 Å². The van der Waals surface area contributed by atoms with Crippen LogP contribution in [0, 0.1) is 0 Å². The Balaban J connectivity index is 1.75. The maximum atomic E-state index is 12.0. The quantitative estimate of drug-likeness (QED) is 0.809. The van der Waals surface area contributed by atoms with E-state index >= 15 is 0 Å². The van der Waals surface area contributed by atoms with Gasteiger partial charge in [-0.05, 0) is 30.0 Å². The molecule has 0 aliphatic carbocycles. The summed E-state index contributed by atoms with van der Waals surface area (Å²) in [4.78, 5) is 29.4. The van der Waals surface area contributed by atoms with Gasteiger partial charge in [0.2, 0.25) is 11.8 Å². The van der Waals surface area contributed by atoms with E-state index in [4.69, 9.17) is 0 Å². The molecular formula is C19H23N3O2. The second-order valence-electron chi connectivity index (χ2n) is 5.67. The fourth-order valence-electron chi connectivity index (χ4n) is 2.40. The molecule has 0 unspecified atom stereocenters. The van der Waals surface area contributed by atoms with E-state index < -0.39 is 0 Å². The van der Waals surface area contributed by atoms with Crippen molar-refractivity contribution < 1.29 is 9.59 Å². The molecule has 0 atom stereocenters. The average Bonchev–Trinajstić information content (AvgIpc) is 2.61. The van der Waals surface area contributed by atoms with Crippen LogP contribution in [0.2, 0.25) is 0 Å². The molecule has 0 saturated carbocycles. The summed E-state index contributed by atoms with van der Waals surface area (Å²) in [5.41, 5.74) is 2.17. The summed E-state index contributed by atoms with van der Waals surface area (Å²) in [6.07, 6.45) is 5.12. The smallest absolute Gasteiger partial charge is 0.239 e. The van der Waals surface area contributed by atoms with Crippen molar-refractivity contribution in [3.8, 4) is 0 Å². The Morgan fingerprint density at radius 3 is 2.50 bits per heavy atom. The van der Waals surface area contributed by atoms with E-state index in [2.05, 4.69) is 22.4 Å². The van der Waals surface area contributed by atoms with Gasteiger partial charge in [0.15, 0.2) is 0 Å². The van der Waals surface area contributed by atoms with Gasteiger partial charge in [0.1, 0.15) is 0 Å². The van der Waals surface area contributed by atoms with Crippen LogP contribution in [0.3, 0.4) is 0 Å². The van der Waals surface area contributed by atoms with Gasteiger partial charge in [-0.1, -0.05) is 36.4 Å². The van der Waals surface area contributed by atoms with Crippen LogP contribution < -0.4 is 5.32 Å². The fraction of sp³-hybridized carbons (Fsp3) is 0.316. The summed E-state index contributed by atoms with van der Waals surface area (Å²) in [5.74, 6) is -0.242. The molecule has 0 fully saturated rings. The first-order valence-corrected chi connectivity index (χ1v) is 8.10. The van der Waals surface area contributed by atoms with Crippen LogP contribution in [0.15, 0.2) is 54.9 Å². The van der Waals surface area contributed by atoms with Gasteiger partial charge in [-0.3, -0.25) is 14.6 Å². The van der Waals surface area contributed by atoms with Gasteiger partial charge in [0, 0.05) is 32.4 Å². The first-order valence-electron chi connectivity index (χ1n) is 8.10. The monoisotopic (exact) mass is 325 g/mol. The molecule has 24 heavy (non-hydrogen) atoms. The number of pyridine rings is 1. The van der Waals surface area contributed by atoms with Crippen molar-refractivity contribution in [2.24, 2.45) is 0 Å². The van der Waals surface area contributed by atoms with E-state index in [1.807, 2.05) is 30.3 Å². The van der Waals surface area contributed by atoms with Crippen LogP contribution >= 0.6 is 0 Å². The van der Waals surface area contributed by atoms with Gasteiger partial charge < -0.3 is 10.2 Å². The number of rotatable bonds is 8. The molecule has 2 rings (SSSR count). The molecule has 0 aliphatic rings. The van der Waals surface area contributed by atoms with Crippen molar-refractivity contribution in [2.75, 3.05) is 13.1 Å². The lowest BCUT2D eigenvalue weighted by atomic mass is 10.1. The molecule has 2 amide bonds. The summed E-state index contributed by atoms with van der Waals surface area (Å²) in [7, 11) is 0. The van der Waals surface area contributed by atoms with Crippen LogP contribution in [0.25, 0.3) is 0 Å². The molecule has 1 aromatic heterocycles. The Morgan fingerprint density at radius 2 is 1.83 bits per heavy atom. The van der Waals surface area contributed by atoms with Crippen LogP contribution in [0.5, 0.6) is 0 Å². The maximum Gasteiger partial charge on any atom is 0.239 e. The minimum Gasteiger partial charge on any atom is -0.350 e. The van der Waals surface area contributed by atoms with Gasteiger partial charge in [-0.15, -0.1) is 0 Å². The second-order valence-corrected chi connectivity index (χ2v) is 5.67. The third kappa shape index (κ3) is 6.20. The summed E-state index contributed by atoms with van der Waals surface area (Å²) >= 11 is 0. The minimum absolute atomic E-state index is 0.0837. The van der Waals surface area contributed by atoms with Gasteiger partial charge in [0.05, 0.1) is 6.54 Å². The summed E-state index contributed by atoms with van der Waals surface area (Å²) in [5, 5.41) is 2.82. The number of hydrogen-bond donors (Lipinski definition) is 1. The van der Waals surface area contributed by atoms with Gasteiger partial charge in [0.25, 0.3) is 0 Å². The standard InChI is InChI=1S/C19H23N3O2/c1-16(23)22(12-6-10-17-7-3-2-4-8-17)15-19(24)21-14-18-9-5-11-20-13-18/h2-5,7-9,11,13H,6,10,12,14-15H2,1H3,(H,21,24). The maximum absolute atomic E-state index is 12.0. The topological polar surface area (TPSA) is 62.3 Å². The zero-order chi connectivity index (χ0) is 17.2. The molecule has 0 saturated heterocycles. The predicted octanol–water partition coefficient (Wildman–Crippen LogP) is 2.18. The first-order chi connectivity index (χ1) is 11.6. The first kappa shape index (κ1) is 17.7. The third-order valence-electron chi connectivity index (χ3n) is 3.73. The highest BCUT2D eigenvalue weighted by molar-refractivity contribution is 5.83. The van der Waals surface area contributed by atoms with Crippen molar-refractivity contribution in [3.05, 3.63) is 66.0 Å². The van der Waals surface area contributed by atoms with E-state index in [1.54, 1.807) is 17.3 Å². The Kier molecular flexibility index (Phi) is 6.95. The molecule has 0 spiro atoms. The number of aromatic nitrogens is 1. The lowest BCUT2D eigenvalue weighted by molar-refractivity contribution is -0.134. The molecule has 1 N–H and O–H groups in total. The molecule has 126 valence electrons. The summed E-state index contributed by atoms with van der Waals surface area (Å²) < 4.78 is 0. The van der Waals surface area contributed by atoms with Crippen molar-refractivity contribution in [3.63, 3.8) is 0 Å². The van der Waals surface area contributed by atoms with Crippen molar-refractivity contribution in [1.82, 2.24) is 15.2 Å². The van der Waals surface area contributed by atoms with Crippen molar-refractivity contribution in [2.45, 2.75) is 26.3 Å². The predicted molar refractivity (Wildman–Crippen MR) is 93.1 cm³/mol. The number of amides is 2. The molecule has 1 heterocycles. The Hall–Kier alpha value is -2.69. The molecule has 0 radical (unpaired) electrons. The number of benzene rings is 1. The molecule has 1 aromatic carbocycles. The summed E-state index contributed by atoms with van der Waals surface area (Å²) in [6, 6.07) is 13.9. The number of aryl methyl sites for hydroxylation is 1. The van der Waals surface area contributed by atoms with Gasteiger partial charge in [-0.25, -0.2) is 0 Å². The summed E-state index contributed by atoms with van der Waals surface area (Å²) in [6.45, 7) is 2.58.